The lowest BCUT2D eigenvalue weighted by molar-refractivity contribution is 0.0675. The topological polar surface area (TPSA) is 85.8 Å². The highest BCUT2D eigenvalue weighted by Crippen LogP contribution is 2.21. The molecule has 2 aromatic heterocycles. The van der Waals surface area contributed by atoms with Gasteiger partial charge in [-0.2, -0.15) is 5.10 Å². The molecule has 0 saturated carbocycles. The molecule has 0 aliphatic rings. The summed E-state index contributed by atoms with van der Waals surface area (Å²) < 4.78 is 28.2. The molecule has 102 valence electrons. The SMILES string of the molecule is Cn1nccc1CCn1nnc(C(=O)O)c1C(F)F. The molecule has 0 saturated heterocycles. The predicted octanol–water partition coefficient (Wildman–Crippen LogP) is 0.890. The normalized spacial score (nSPS) is 11.2. The molecule has 0 atom stereocenters. The number of aromatic carboxylic acids is 1. The Balaban J connectivity index is 2.21. The number of hydrogen-bond donors (Lipinski definition) is 1. The summed E-state index contributed by atoms with van der Waals surface area (Å²) in [5.74, 6) is -1.51. The van der Waals surface area contributed by atoms with Crippen LogP contribution in [0.4, 0.5) is 8.78 Å². The van der Waals surface area contributed by atoms with E-state index in [1.54, 1.807) is 24.0 Å². The first-order chi connectivity index (χ1) is 9.00. The van der Waals surface area contributed by atoms with Crippen LogP contribution in [0.5, 0.6) is 0 Å². The molecule has 0 aliphatic carbocycles. The zero-order valence-electron chi connectivity index (χ0n) is 9.99. The summed E-state index contributed by atoms with van der Waals surface area (Å²) in [5.41, 5.74) is -0.553. The molecular formula is C10H11F2N5O2. The van der Waals surface area contributed by atoms with Crippen molar-refractivity contribution in [3.8, 4) is 0 Å². The minimum atomic E-state index is -2.94. The smallest absolute Gasteiger partial charge is 0.358 e. The molecule has 0 spiro atoms. The van der Waals surface area contributed by atoms with Gasteiger partial charge in [-0.15, -0.1) is 5.10 Å². The van der Waals surface area contributed by atoms with Gasteiger partial charge in [-0.1, -0.05) is 5.21 Å². The molecule has 0 aromatic carbocycles. The molecule has 9 heteroatoms. The molecule has 1 N–H and O–H groups in total. The Kier molecular flexibility index (Phi) is 3.54. The molecule has 0 aliphatic heterocycles. The van der Waals surface area contributed by atoms with E-state index in [1.165, 1.54) is 0 Å². The second-order valence-electron chi connectivity index (χ2n) is 3.85. The van der Waals surface area contributed by atoms with E-state index in [0.717, 1.165) is 10.4 Å². The zero-order chi connectivity index (χ0) is 14.0. The Bertz CT molecular complexity index is 593. The molecule has 19 heavy (non-hydrogen) atoms. The summed E-state index contributed by atoms with van der Waals surface area (Å²) in [7, 11) is 1.73. The van der Waals surface area contributed by atoms with Crippen LogP contribution in [0.1, 0.15) is 28.3 Å². The van der Waals surface area contributed by atoms with Crippen molar-refractivity contribution in [1.29, 1.82) is 0 Å². The number of rotatable bonds is 5. The molecule has 0 bridgehead atoms. The summed E-state index contributed by atoms with van der Waals surface area (Å²) >= 11 is 0. The standard InChI is InChI=1S/C10H11F2N5O2/c1-16-6(2-4-13-16)3-5-17-8(9(11)12)7(10(18)19)14-15-17/h2,4,9H,3,5H2,1H3,(H,18,19). The van der Waals surface area contributed by atoms with E-state index < -0.39 is 23.8 Å². The van der Waals surface area contributed by atoms with E-state index in [-0.39, 0.29) is 6.54 Å². The van der Waals surface area contributed by atoms with Gasteiger partial charge in [0.15, 0.2) is 5.69 Å². The van der Waals surface area contributed by atoms with E-state index in [9.17, 15) is 13.6 Å². The van der Waals surface area contributed by atoms with E-state index >= 15 is 0 Å². The van der Waals surface area contributed by atoms with E-state index in [4.69, 9.17) is 5.11 Å². The largest absolute Gasteiger partial charge is 0.476 e. The Morgan fingerprint density at radius 1 is 1.53 bits per heavy atom. The van der Waals surface area contributed by atoms with Crippen molar-refractivity contribution in [1.82, 2.24) is 24.8 Å². The van der Waals surface area contributed by atoms with Crippen molar-refractivity contribution in [2.24, 2.45) is 7.05 Å². The zero-order valence-corrected chi connectivity index (χ0v) is 9.99. The van der Waals surface area contributed by atoms with Gasteiger partial charge < -0.3 is 5.11 Å². The van der Waals surface area contributed by atoms with Crippen molar-refractivity contribution in [2.75, 3.05) is 0 Å². The van der Waals surface area contributed by atoms with Crippen LogP contribution in [0.3, 0.4) is 0 Å². The molecule has 7 nitrogen and oxygen atoms in total. The minimum absolute atomic E-state index is 0.111. The maximum Gasteiger partial charge on any atom is 0.358 e. The number of alkyl halides is 2. The second-order valence-corrected chi connectivity index (χ2v) is 3.85. The molecule has 2 heterocycles. The Morgan fingerprint density at radius 3 is 2.79 bits per heavy atom. The summed E-state index contributed by atoms with van der Waals surface area (Å²) in [6.45, 7) is 0.111. The fourth-order valence-electron chi connectivity index (χ4n) is 1.72. The molecule has 0 radical (unpaired) electrons. The van der Waals surface area contributed by atoms with Gasteiger partial charge in [-0.25, -0.2) is 18.3 Å². The highest BCUT2D eigenvalue weighted by molar-refractivity contribution is 5.86. The molecular weight excluding hydrogens is 260 g/mol. The Morgan fingerprint density at radius 2 is 2.26 bits per heavy atom. The second kappa shape index (κ2) is 5.12. The molecule has 2 aromatic rings. The quantitative estimate of drug-likeness (QED) is 0.872. The summed E-state index contributed by atoms with van der Waals surface area (Å²) in [5, 5.41) is 19.4. The van der Waals surface area contributed by atoms with Gasteiger partial charge in [0.05, 0.1) is 0 Å². The van der Waals surface area contributed by atoms with Crippen LogP contribution in [0.25, 0.3) is 0 Å². The van der Waals surface area contributed by atoms with Gasteiger partial charge in [-0.3, -0.25) is 4.68 Å². The number of aromatic nitrogens is 5. The van der Waals surface area contributed by atoms with Gasteiger partial charge in [0.25, 0.3) is 6.43 Å². The third-order valence-corrected chi connectivity index (χ3v) is 2.68. The van der Waals surface area contributed by atoms with Crippen LogP contribution < -0.4 is 0 Å². The van der Waals surface area contributed by atoms with Gasteiger partial charge in [0.1, 0.15) is 5.69 Å². The van der Waals surface area contributed by atoms with Crippen molar-refractivity contribution in [3.05, 3.63) is 29.3 Å². The molecule has 0 fully saturated rings. The summed E-state index contributed by atoms with van der Waals surface area (Å²) in [4.78, 5) is 10.8. The number of carboxylic acids is 1. The monoisotopic (exact) mass is 271 g/mol. The van der Waals surface area contributed by atoms with Crippen LogP contribution in [-0.2, 0) is 20.0 Å². The van der Waals surface area contributed by atoms with Crippen molar-refractivity contribution >= 4 is 5.97 Å². The Hall–Kier alpha value is -2.32. The molecule has 2 rings (SSSR count). The van der Waals surface area contributed by atoms with Crippen LogP contribution in [0.2, 0.25) is 0 Å². The average Bonchev–Trinajstić information content (AvgIpc) is 2.92. The fourth-order valence-corrected chi connectivity index (χ4v) is 1.72. The van der Waals surface area contributed by atoms with Gasteiger partial charge >= 0.3 is 5.97 Å². The number of hydrogen-bond acceptors (Lipinski definition) is 4. The number of halogens is 2. The lowest BCUT2D eigenvalue weighted by atomic mass is 10.3. The van der Waals surface area contributed by atoms with Crippen LogP contribution in [0, 0.1) is 0 Å². The first-order valence-corrected chi connectivity index (χ1v) is 5.42. The van der Waals surface area contributed by atoms with Gasteiger partial charge in [0, 0.05) is 31.9 Å². The first kappa shape index (κ1) is 13.1. The van der Waals surface area contributed by atoms with Gasteiger partial charge in [-0.05, 0) is 6.07 Å². The first-order valence-electron chi connectivity index (χ1n) is 5.42. The van der Waals surface area contributed by atoms with E-state index in [2.05, 4.69) is 15.4 Å². The van der Waals surface area contributed by atoms with E-state index in [1.807, 2.05) is 0 Å². The number of nitrogens with zero attached hydrogens (tertiary/aromatic N) is 5. The Labute approximate surface area is 106 Å². The van der Waals surface area contributed by atoms with Gasteiger partial charge in [0.2, 0.25) is 0 Å². The third kappa shape index (κ3) is 2.59. The van der Waals surface area contributed by atoms with Crippen LogP contribution in [-0.4, -0.2) is 35.9 Å². The average molecular weight is 271 g/mol. The predicted molar refractivity (Wildman–Crippen MR) is 58.9 cm³/mol. The summed E-state index contributed by atoms with van der Waals surface area (Å²) in [6.07, 6.45) is -0.945. The van der Waals surface area contributed by atoms with E-state index in [0.29, 0.717) is 6.42 Å². The number of aryl methyl sites for hydroxylation is 3. The van der Waals surface area contributed by atoms with Crippen molar-refractivity contribution in [3.63, 3.8) is 0 Å². The maximum absolute atomic E-state index is 12.8. The lowest BCUT2D eigenvalue weighted by Crippen LogP contribution is -2.12. The molecule has 0 unspecified atom stereocenters. The lowest BCUT2D eigenvalue weighted by Gasteiger charge is -2.06. The van der Waals surface area contributed by atoms with Crippen LogP contribution in [0.15, 0.2) is 12.3 Å². The highest BCUT2D eigenvalue weighted by Gasteiger charge is 2.26. The number of carboxylic acid groups (broad SMARTS) is 1. The highest BCUT2D eigenvalue weighted by atomic mass is 19.3. The summed E-state index contributed by atoms with van der Waals surface area (Å²) in [6, 6.07) is 1.75. The number of carbonyl (C=O) groups is 1. The van der Waals surface area contributed by atoms with Crippen molar-refractivity contribution in [2.45, 2.75) is 19.4 Å². The van der Waals surface area contributed by atoms with Crippen LogP contribution >= 0.6 is 0 Å². The fraction of sp³-hybridized carbons (Fsp3) is 0.400. The molecule has 0 amide bonds. The maximum atomic E-state index is 12.8. The van der Waals surface area contributed by atoms with Crippen molar-refractivity contribution < 1.29 is 18.7 Å². The third-order valence-electron chi connectivity index (χ3n) is 2.68. The minimum Gasteiger partial charge on any atom is -0.476 e.